The first-order chi connectivity index (χ1) is 21.8. The van der Waals surface area contributed by atoms with E-state index in [1.165, 1.54) is 6.42 Å². The number of carbonyl (C=O) groups is 3. The van der Waals surface area contributed by atoms with E-state index in [1.54, 1.807) is 31.3 Å². The van der Waals surface area contributed by atoms with Crippen molar-refractivity contribution in [1.29, 1.82) is 0 Å². The molecule has 2 heterocycles. The third-order valence-electron chi connectivity index (χ3n) is 10.4. The summed E-state index contributed by atoms with van der Waals surface area (Å²) in [5, 5.41) is 16.9. The van der Waals surface area contributed by atoms with E-state index >= 15 is 0 Å². The Morgan fingerprint density at radius 1 is 0.978 bits per heavy atom. The van der Waals surface area contributed by atoms with Gasteiger partial charge in [0, 0.05) is 38.8 Å². The summed E-state index contributed by atoms with van der Waals surface area (Å²) in [5.74, 6) is 1.40. The number of likely N-dealkylation sites (tertiary alicyclic amines) is 1. The van der Waals surface area contributed by atoms with E-state index in [0.29, 0.717) is 55.5 Å². The van der Waals surface area contributed by atoms with Crippen LogP contribution in [0.15, 0.2) is 48.5 Å². The number of piperazine rings is 1. The molecule has 2 aliphatic heterocycles. The van der Waals surface area contributed by atoms with Crippen LogP contribution in [0.5, 0.6) is 11.5 Å². The fourth-order valence-corrected chi connectivity index (χ4v) is 7.34. The van der Waals surface area contributed by atoms with Gasteiger partial charge in [0.2, 0.25) is 11.8 Å². The number of aliphatic hydroxyl groups is 1. The van der Waals surface area contributed by atoms with E-state index in [9.17, 15) is 19.5 Å². The lowest BCUT2D eigenvalue weighted by molar-refractivity contribution is -0.167. The Morgan fingerprint density at radius 2 is 1.57 bits per heavy atom. The maximum atomic E-state index is 14.1. The molecule has 0 aromatic heterocycles. The first kappa shape index (κ1) is 35.7. The molecule has 2 aromatic rings. The second kappa shape index (κ2) is 16.1. The van der Waals surface area contributed by atoms with Crippen LogP contribution in [0.1, 0.15) is 87.6 Å². The maximum absolute atomic E-state index is 14.1. The lowest BCUT2D eigenvalue weighted by atomic mass is 9.77. The number of nitrogens with one attached hydrogen (secondary N) is 2. The quantitative estimate of drug-likeness (QED) is 0.303. The van der Waals surface area contributed by atoms with Gasteiger partial charge in [0.05, 0.1) is 6.10 Å². The SMILES string of the molecule is CCC(CC)CN1C(=O)[C@@H]([C@H](O)C2CCCCC2)NC(=O)C12CCN(Cc1ccc(Oc3ccc(C(=O)NC)cc3)cc1)CC2.Cl. The van der Waals surface area contributed by atoms with Crippen molar-refractivity contribution in [2.75, 3.05) is 26.7 Å². The van der Waals surface area contributed by atoms with Gasteiger partial charge in [-0.1, -0.05) is 58.1 Å². The Hall–Kier alpha value is -3.14. The third-order valence-corrected chi connectivity index (χ3v) is 10.4. The highest BCUT2D eigenvalue weighted by Crippen LogP contribution is 2.37. The van der Waals surface area contributed by atoms with E-state index in [-0.39, 0.29) is 36.0 Å². The zero-order valence-corrected chi connectivity index (χ0v) is 28.3. The minimum absolute atomic E-state index is 0. The van der Waals surface area contributed by atoms with E-state index in [4.69, 9.17) is 4.74 Å². The number of hydrogen-bond donors (Lipinski definition) is 3. The van der Waals surface area contributed by atoms with Crippen LogP contribution in [-0.2, 0) is 16.1 Å². The van der Waals surface area contributed by atoms with Crippen LogP contribution in [0.4, 0.5) is 0 Å². The number of rotatable bonds is 11. The molecule has 2 saturated heterocycles. The second-order valence-electron chi connectivity index (χ2n) is 13.1. The predicted molar refractivity (Wildman–Crippen MR) is 181 cm³/mol. The molecule has 3 fully saturated rings. The van der Waals surface area contributed by atoms with Gasteiger partial charge in [0.25, 0.3) is 5.91 Å². The number of amides is 3. The molecule has 3 amide bonds. The van der Waals surface area contributed by atoms with Crippen molar-refractivity contribution >= 4 is 30.1 Å². The number of halogens is 1. The lowest BCUT2D eigenvalue weighted by Gasteiger charge is -2.53. The highest BCUT2D eigenvalue weighted by atomic mass is 35.5. The van der Waals surface area contributed by atoms with Crippen molar-refractivity contribution in [3.8, 4) is 11.5 Å². The molecule has 0 radical (unpaired) electrons. The van der Waals surface area contributed by atoms with E-state index in [1.807, 2.05) is 29.2 Å². The fraction of sp³-hybridized carbons (Fsp3) is 0.583. The van der Waals surface area contributed by atoms with E-state index < -0.39 is 17.7 Å². The molecule has 10 heteroatoms. The number of aliphatic hydroxyl groups excluding tert-OH is 1. The van der Waals surface area contributed by atoms with Crippen molar-refractivity contribution in [2.24, 2.45) is 11.8 Å². The van der Waals surface area contributed by atoms with Crippen LogP contribution >= 0.6 is 12.4 Å². The molecule has 3 aliphatic rings. The number of carbonyl (C=O) groups excluding carboxylic acids is 3. The Kier molecular flexibility index (Phi) is 12.5. The summed E-state index contributed by atoms with van der Waals surface area (Å²) in [5.41, 5.74) is 0.848. The summed E-state index contributed by atoms with van der Waals surface area (Å²) >= 11 is 0. The van der Waals surface area contributed by atoms with Gasteiger partial charge in [0.15, 0.2) is 0 Å². The normalized spacial score (nSPS) is 21.1. The van der Waals surface area contributed by atoms with Crippen LogP contribution in [0, 0.1) is 11.8 Å². The molecule has 2 atom stereocenters. The Morgan fingerprint density at radius 3 is 2.13 bits per heavy atom. The molecule has 2 aromatic carbocycles. The number of nitrogens with zero attached hydrogens (tertiary/aromatic N) is 2. The third kappa shape index (κ3) is 7.86. The van der Waals surface area contributed by atoms with Gasteiger partial charge in [0.1, 0.15) is 23.1 Å². The summed E-state index contributed by atoms with van der Waals surface area (Å²) in [6.45, 7) is 6.99. The number of hydrogen-bond acceptors (Lipinski definition) is 6. The molecule has 0 bridgehead atoms. The summed E-state index contributed by atoms with van der Waals surface area (Å²) < 4.78 is 5.97. The zero-order chi connectivity index (χ0) is 32.0. The molecule has 1 saturated carbocycles. The Balaban J connectivity index is 0.00000480. The molecule has 252 valence electrons. The van der Waals surface area contributed by atoms with Crippen LogP contribution in [0.25, 0.3) is 0 Å². The Labute approximate surface area is 279 Å². The van der Waals surface area contributed by atoms with Crippen LogP contribution < -0.4 is 15.4 Å². The van der Waals surface area contributed by atoms with Gasteiger partial charge in [-0.3, -0.25) is 19.3 Å². The monoisotopic (exact) mass is 654 g/mol. The minimum atomic E-state index is -0.871. The summed E-state index contributed by atoms with van der Waals surface area (Å²) in [4.78, 5) is 44.0. The van der Waals surface area contributed by atoms with Crippen LogP contribution in [-0.4, -0.2) is 77.0 Å². The predicted octanol–water partition coefficient (Wildman–Crippen LogP) is 5.30. The van der Waals surface area contributed by atoms with Gasteiger partial charge < -0.3 is 25.4 Å². The van der Waals surface area contributed by atoms with Gasteiger partial charge in [-0.25, -0.2) is 0 Å². The van der Waals surface area contributed by atoms with Gasteiger partial charge >= 0.3 is 0 Å². The second-order valence-corrected chi connectivity index (χ2v) is 13.1. The summed E-state index contributed by atoms with van der Waals surface area (Å²) in [6.07, 6.45) is 7.32. The average molecular weight is 655 g/mol. The average Bonchev–Trinajstić information content (AvgIpc) is 3.08. The van der Waals surface area contributed by atoms with Crippen molar-refractivity contribution in [2.45, 2.75) is 95.9 Å². The molecular weight excluding hydrogens is 604 g/mol. The van der Waals surface area contributed by atoms with E-state index in [0.717, 1.165) is 50.6 Å². The minimum Gasteiger partial charge on any atom is -0.457 e. The summed E-state index contributed by atoms with van der Waals surface area (Å²) in [7, 11) is 1.60. The number of piperidine rings is 1. The van der Waals surface area contributed by atoms with Crippen molar-refractivity contribution in [3.05, 3.63) is 59.7 Å². The zero-order valence-electron chi connectivity index (χ0n) is 27.5. The van der Waals surface area contributed by atoms with Gasteiger partial charge in [-0.15, -0.1) is 12.4 Å². The van der Waals surface area contributed by atoms with Gasteiger partial charge in [-0.05, 0) is 79.5 Å². The summed E-state index contributed by atoms with van der Waals surface area (Å²) in [6, 6.07) is 14.1. The maximum Gasteiger partial charge on any atom is 0.251 e. The lowest BCUT2D eigenvalue weighted by Crippen LogP contribution is -2.75. The molecular formula is C36H51ClN4O5. The molecule has 46 heavy (non-hydrogen) atoms. The van der Waals surface area contributed by atoms with Crippen LogP contribution in [0.2, 0.25) is 0 Å². The smallest absolute Gasteiger partial charge is 0.251 e. The molecule has 0 unspecified atom stereocenters. The van der Waals surface area contributed by atoms with Gasteiger partial charge in [-0.2, -0.15) is 0 Å². The number of benzene rings is 2. The standard InChI is InChI=1S/C36H50N4O5.ClH/c1-4-25(5-2)24-40-34(43)31(32(41)27-9-7-6-8-10-27)38-35(44)36(40)19-21-39(22-20-36)23-26-11-15-29(16-12-26)45-30-17-13-28(14-18-30)33(42)37-3;/h11-18,25,27,31-32,41H,4-10,19-24H2,1-3H3,(H,37,42)(H,38,44);1H/t31-,32-;/m1./s1. The largest absolute Gasteiger partial charge is 0.457 e. The molecule has 9 nitrogen and oxygen atoms in total. The number of ether oxygens (including phenoxy) is 1. The first-order valence-corrected chi connectivity index (χ1v) is 16.9. The van der Waals surface area contributed by atoms with Crippen molar-refractivity contribution in [3.63, 3.8) is 0 Å². The molecule has 5 rings (SSSR count). The molecule has 1 spiro atoms. The van der Waals surface area contributed by atoms with Crippen molar-refractivity contribution < 1.29 is 24.2 Å². The first-order valence-electron chi connectivity index (χ1n) is 16.9. The fourth-order valence-electron chi connectivity index (χ4n) is 7.34. The van der Waals surface area contributed by atoms with Crippen molar-refractivity contribution in [1.82, 2.24) is 20.4 Å². The highest BCUT2D eigenvalue weighted by Gasteiger charge is 2.55. The molecule has 3 N–H and O–H groups in total. The topological polar surface area (TPSA) is 111 Å². The highest BCUT2D eigenvalue weighted by molar-refractivity contribution is 6.00. The Bertz CT molecular complexity index is 1300. The van der Waals surface area contributed by atoms with E-state index in [2.05, 4.69) is 29.4 Å². The molecule has 1 aliphatic carbocycles. The van der Waals surface area contributed by atoms with Crippen LogP contribution in [0.3, 0.4) is 0 Å².